The molecule has 0 saturated heterocycles. The molecule has 0 unspecified atom stereocenters. The van der Waals surface area contributed by atoms with Crippen LogP contribution in [-0.4, -0.2) is 26.1 Å². The van der Waals surface area contributed by atoms with Crippen LogP contribution in [0.3, 0.4) is 0 Å². The first-order valence-corrected chi connectivity index (χ1v) is 7.14. The van der Waals surface area contributed by atoms with E-state index in [9.17, 15) is 4.79 Å². The summed E-state index contributed by atoms with van der Waals surface area (Å²) in [6, 6.07) is 6.11. The van der Waals surface area contributed by atoms with Gasteiger partial charge in [-0.1, -0.05) is 31.5 Å². The Morgan fingerprint density at radius 3 is 2.75 bits per heavy atom. The van der Waals surface area contributed by atoms with Gasteiger partial charge in [-0.05, 0) is 18.9 Å². The number of benzene rings is 1. The van der Waals surface area contributed by atoms with Crippen LogP contribution in [0.15, 0.2) is 18.2 Å². The van der Waals surface area contributed by atoms with E-state index in [1.165, 1.54) is 5.56 Å². The van der Waals surface area contributed by atoms with Crippen molar-refractivity contribution in [3.8, 4) is 5.75 Å². The lowest BCUT2D eigenvalue weighted by Gasteiger charge is -2.11. The van der Waals surface area contributed by atoms with Crippen molar-refractivity contribution in [1.82, 2.24) is 10.6 Å². The fraction of sp³-hybridized carbons (Fsp3) is 0.562. The van der Waals surface area contributed by atoms with Crippen molar-refractivity contribution in [3.05, 3.63) is 29.3 Å². The molecule has 1 amide bonds. The molecule has 1 rings (SSSR count). The van der Waals surface area contributed by atoms with E-state index in [2.05, 4.69) is 37.5 Å². The first-order valence-electron chi connectivity index (χ1n) is 7.14. The molecule has 0 aliphatic heterocycles. The van der Waals surface area contributed by atoms with Gasteiger partial charge in [0, 0.05) is 31.6 Å². The summed E-state index contributed by atoms with van der Waals surface area (Å²) in [5, 5.41) is 6.19. The summed E-state index contributed by atoms with van der Waals surface area (Å²) in [5.74, 6) is 1.47. The van der Waals surface area contributed by atoms with Gasteiger partial charge in [0.15, 0.2) is 0 Å². The molecule has 0 atom stereocenters. The maximum atomic E-state index is 11.6. The molecule has 2 N–H and O–H groups in total. The van der Waals surface area contributed by atoms with E-state index in [1.807, 2.05) is 12.1 Å². The lowest BCUT2D eigenvalue weighted by molar-refractivity contribution is -0.121. The molecule has 0 aromatic heterocycles. The van der Waals surface area contributed by atoms with Crippen molar-refractivity contribution in [2.45, 2.75) is 33.7 Å². The summed E-state index contributed by atoms with van der Waals surface area (Å²) < 4.78 is 5.32. The van der Waals surface area contributed by atoms with Crippen molar-refractivity contribution in [2.75, 3.05) is 20.2 Å². The topological polar surface area (TPSA) is 50.4 Å². The Morgan fingerprint density at radius 1 is 1.35 bits per heavy atom. The van der Waals surface area contributed by atoms with E-state index in [-0.39, 0.29) is 5.91 Å². The van der Waals surface area contributed by atoms with Crippen molar-refractivity contribution in [3.63, 3.8) is 0 Å². The SMILES string of the molecule is COc1ccc(C)cc1CNCCC(=O)NCC(C)C. The zero-order chi connectivity index (χ0) is 15.0. The molecule has 0 saturated carbocycles. The number of hydrogen-bond donors (Lipinski definition) is 2. The Bertz CT molecular complexity index is 430. The molecule has 0 fully saturated rings. The van der Waals surface area contributed by atoms with Crippen LogP contribution < -0.4 is 15.4 Å². The van der Waals surface area contributed by atoms with Gasteiger partial charge in [0.25, 0.3) is 0 Å². The maximum Gasteiger partial charge on any atom is 0.221 e. The quantitative estimate of drug-likeness (QED) is 0.717. The second kappa shape index (κ2) is 8.59. The van der Waals surface area contributed by atoms with Crippen LogP contribution >= 0.6 is 0 Å². The van der Waals surface area contributed by atoms with Crippen molar-refractivity contribution in [2.24, 2.45) is 5.92 Å². The minimum Gasteiger partial charge on any atom is -0.496 e. The molecule has 4 nitrogen and oxygen atoms in total. The predicted molar refractivity (Wildman–Crippen MR) is 81.9 cm³/mol. The van der Waals surface area contributed by atoms with E-state index >= 15 is 0 Å². The minimum absolute atomic E-state index is 0.0995. The van der Waals surface area contributed by atoms with Gasteiger partial charge in [-0.2, -0.15) is 0 Å². The van der Waals surface area contributed by atoms with Gasteiger partial charge >= 0.3 is 0 Å². The van der Waals surface area contributed by atoms with Gasteiger partial charge in [-0.25, -0.2) is 0 Å². The van der Waals surface area contributed by atoms with Gasteiger partial charge in [-0.3, -0.25) is 4.79 Å². The molecule has 0 heterocycles. The highest BCUT2D eigenvalue weighted by Gasteiger charge is 2.04. The van der Waals surface area contributed by atoms with E-state index in [4.69, 9.17) is 4.74 Å². The Labute approximate surface area is 121 Å². The Kier molecular flexibility index (Phi) is 7.09. The van der Waals surface area contributed by atoms with Crippen LogP contribution in [0.1, 0.15) is 31.4 Å². The van der Waals surface area contributed by atoms with Crippen molar-refractivity contribution >= 4 is 5.91 Å². The van der Waals surface area contributed by atoms with Crippen LogP contribution in [0.4, 0.5) is 0 Å². The number of rotatable bonds is 8. The third kappa shape index (κ3) is 6.06. The van der Waals surface area contributed by atoms with E-state index in [0.29, 0.717) is 25.4 Å². The molecular weight excluding hydrogens is 252 g/mol. The molecule has 0 aliphatic carbocycles. The Hall–Kier alpha value is -1.55. The summed E-state index contributed by atoms with van der Waals surface area (Å²) in [7, 11) is 1.67. The van der Waals surface area contributed by atoms with Crippen molar-refractivity contribution in [1.29, 1.82) is 0 Å². The summed E-state index contributed by atoms with van der Waals surface area (Å²) in [4.78, 5) is 11.6. The molecule has 4 heteroatoms. The van der Waals surface area contributed by atoms with Crippen LogP contribution in [-0.2, 0) is 11.3 Å². The first-order chi connectivity index (χ1) is 9.52. The second-order valence-corrected chi connectivity index (χ2v) is 5.44. The van der Waals surface area contributed by atoms with Gasteiger partial charge in [-0.15, -0.1) is 0 Å². The highest BCUT2D eigenvalue weighted by Crippen LogP contribution is 2.19. The van der Waals surface area contributed by atoms with E-state index < -0.39 is 0 Å². The van der Waals surface area contributed by atoms with Crippen LogP contribution in [0.2, 0.25) is 0 Å². The third-order valence-electron chi connectivity index (χ3n) is 2.99. The summed E-state index contributed by atoms with van der Waals surface area (Å²) in [5.41, 5.74) is 2.33. The van der Waals surface area contributed by atoms with Gasteiger partial charge in [0.05, 0.1) is 7.11 Å². The first kappa shape index (κ1) is 16.5. The third-order valence-corrected chi connectivity index (χ3v) is 2.99. The fourth-order valence-corrected chi connectivity index (χ4v) is 1.88. The minimum atomic E-state index is 0.0995. The monoisotopic (exact) mass is 278 g/mol. The maximum absolute atomic E-state index is 11.6. The summed E-state index contributed by atoms with van der Waals surface area (Å²) in [6.07, 6.45) is 0.501. The number of aryl methyl sites for hydroxylation is 1. The largest absolute Gasteiger partial charge is 0.496 e. The number of carbonyl (C=O) groups excluding carboxylic acids is 1. The smallest absolute Gasteiger partial charge is 0.221 e. The Balaban J connectivity index is 2.30. The average molecular weight is 278 g/mol. The second-order valence-electron chi connectivity index (χ2n) is 5.44. The molecule has 1 aromatic rings. The summed E-state index contributed by atoms with van der Waals surface area (Å²) >= 11 is 0. The average Bonchev–Trinajstić information content (AvgIpc) is 2.41. The molecule has 0 radical (unpaired) electrons. The lowest BCUT2D eigenvalue weighted by atomic mass is 10.1. The number of methoxy groups -OCH3 is 1. The molecule has 20 heavy (non-hydrogen) atoms. The van der Waals surface area contributed by atoms with Crippen LogP contribution in [0.25, 0.3) is 0 Å². The predicted octanol–water partition coefficient (Wildman–Crippen LogP) is 2.26. The van der Waals surface area contributed by atoms with Gasteiger partial charge < -0.3 is 15.4 Å². The van der Waals surface area contributed by atoms with E-state index in [1.54, 1.807) is 7.11 Å². The number of nitrogens with one attached hydrogen (secondary N) is 2. The molecular formula is C16H26N2O2. The fourth-order valence-electron chi connectivity index (χ4n) is 1.88. The zero-order valence-electron chi connectivity index (χ0n) is 13.0. The van der Waals surface area contributed by atoms with Crippen molar-refractivity contribution < 1.29 is 9.53 Å². The molecule has 112 valence electrons. The number of ether oxygens (including phenoxy) is 1. The van der Waals surface area contributed by atoms with Crippen LogP contribution in [0.5, 0.6) is 5.75 Å². The highest BCUT2D eigenvalue weighted by atomic mass is 16.5. The summed E-state index contributed by atoms with van der Waals surface area (Å²) in [6.45, 7) is 8.35. The number of amides is 1. The molecule has 0 aliphatic rings. The Morgan fingerprint density at radius 2 is 2.10 bits per heavy atom. The zero-order valence-corrected chi connectivity index (χ0v) is 13.0. The lowest BCUT2D eigenvalue weighted by Crippen LogP contribution is -2.30. The highest BCUT2D eigenvalue weighted by molar-refractivity contribution is 5.76. The number of hydrogen-bond acceptors (Lipinski definition) is 3. The van der Waals surface area contributed by atoms with Gasteiger partial charge in [0.1, 0.15) is 5.75 Å². The molecule has 0 bridgehead atoms. The van der Waals surface area contributed by atoms with Gasteiger partial charge in [0.2, 0.25) is 5.91 Å². The number of carbonyl (C=O) groups is 1. The standard InChI is InChI=1S/C16H26N2O2/c1-12(2)10-18-16(19)7-8-17-11-14-9-13(3)5-6-15(14)20-4/h5-6,9,12,17H,7-8,10-11H2,1-4H3,(H,18,19). The molecule has 1 aromatic carbocycles. The van der Waals surface area contributed by atoms with Crippen LogP contribution in [0, 0.1) is 12.8 Å². The van der Waals surface area contributed by atoms with E-state index in [0.717, 1.165) is 17.9 Å². The molecule has 0 spiro atoms. The normalized spacial score (nSPS) is 10.7.